The average molecular weight is 275 g/mol. The molecule has 0 aromatic heterocycles. The minimum absolute atomic E-state index is 0.00590. The molecule has 0 radical (unpaired) electrons. The number of ether oxygens (including phenoxy) is 1. The van der Waals surface area contributed by atoms with Gasteiger partial charge in [-0.05, 0) is 18.3 Å². The van der Waals surface area contributed by atoms with Crippen LogP contribution in [0.2, 0.25) is 0 Å². The fourth-order valence-electron chi connectivity index (χ4n) is 1.48. The van der Waals surface area contributed by atoms with E-state index >= 15 is 0 Å². The molecule has 0 heterocycles. The van der Waals surface area contributed by atoms with Gasteiger partial charge in [0.1, 0.15) is 0 Å². The molecule has 0 spiro atoms. The van der Waals surface area contributed by atoms with Crippen LogP contribution in [0.1, 0.15) is 60.3 Å². The molecule has 0 saturated heterocycles. The van der Waals surface area contributed by atoms with Crippen LogP contribution < -0.4 is 5.73 Å². The number of esters is 1. The number of hydrogen-bond donors (Lipinski definition) is 2. The monoisotopic (exact) mass is 275 g/mol. The first-order valence-electron chi connectivity index (χ1n) is 6.79. The summed E-state index contributed by atoms with van der Waals surface area (Å²) < 4.78 is 5.33. The lowest BCUT2D eigenvalue weighted by Crippen LogP contribution is -2.23. The molecule has 0 rings (SSSR count). The Hall–Kier alpha value is -1.26. The summed E-state index contributed by atoms with van der Waals surface area (Å²) in [5.41, 5.74) is 4.10. The van der Waals surface area contributed by atoms with E-state index in [0.717, 1.165) is 25.7 Å². The Labute approximate surface area is 116 Å². The van der Waals surface area contributed by atoms with Crippen LogP contribution in [0.4, 0.5) is 4.79 Å². The first-order chi connectivity index (χ1) is 8.64. The summed E-state index contributed by atoms with van der Waals surface area (Å²) in [4.78, 5) is 20.5. The average Bonchev–Trinajstić information content (AvgIpc) is 2.24. The van der Waals surface area contributed by atoms with Gasteiger partial charge in [0, 0.05) is 0 Å². The van der Waals surface area contributed by atoms with Gasteiger partial charge in [-0.15, -0.1) is 0 Å². The number of rotatable bonds is 6. The van der Waals surface area contributed by atoms with Gasteiger partial charge in [-0.3, -0.25) is 4.79 Å². The third-order valence-corrected chi connectivity index (χ3v) is 2.26. The van der Waals surface area contributed by atoms with Crippen LogP contribution in [0, 0.1) is 11.3 Å². The van der Waals surface area contributed by atoms with E-state index in [0.29, 0.717) is 6.61 Å². The highest BCUT2D eigenvalue weighted by atomic mass is 16.5. The number of primary amides is 1. The fraction of sp³-hybridized carbons (Fsp3) is 0.857. The molecule has 5 heteroatoms. The number of carbonyl (C=O) groups excluding carboxylic acids is 1. The Bertz CT molecular complexity index is 249. The largest absolute Gasteiger partial charge is 0.465 e. The lowest BCUT2D eigenvalue weighted by molar-refractivity contribution is -0.151. The van der Waals surface area contributed by atoms with E-state index in [1.807, 2.05) is 0 Å². The molecule has 5 nitrogen and oxygen atoms in total. The van der Waals surface area contributed by atoms with E-state index in [9.17, 15) is 4.79 Å². The molecule has 0 aromatic rings. The molecule has 0 unspecified atom stereocenters. The van der Waals surface area contributed by atoms with E-state index in [2.05, 4.69) is 40.4 Å². The topological polar surface area (TPSA) is 89.6 Å². The molecule has 0 saturated carbocycles. The quantitative estimate of drug-likeness (QED) is 0.727. The van der Waals surface area contributed by atoms with Crippen molar-refractivity contribution in [1.29, 1.82) is 0 Å². The normalized spacial score (nSPS) is 10.6. The van der Waals surface area contributed by atoms with Crippen LogP contribution in [0.3, 0.4) is 0 Å². The highest BCUT2D eigenvalue weighted by Crippen LogP contribution is 2.18. The van der Waals surface area contributed by atoms with E-state index in [1.54, 1.807) is 0 Å². The Balaban J connectivity index is 0. The maximum absolute atomic E-state index is 11.7. The zero-order chi connectivity index (χ0) is 15.5. The molecule has 3 N–H and O–H groups in total. The van der Waals surface area contributed by atoms with Crippen molar-refractivity contribution >= 4 is 12.1 Å². The third kappa shape index (κ3) is 16.7. The SMILES string of the molecule is CCCC(CCC)C(=O)OCC(C)(C)C.NC(=O)O. The van der Waals surface area contributed by atoms with Crippen molar-refractivity contribution in [3.05, 3.63) is 0 Å². The summed E-state index contributed by atoms with van der Waals surface area (Å²) in [7, 11) is 0. The molecular weight excluding hydrogens is 246 g/mol. The van der Waals surface area contributed by atoms with Gasteiger partial charge in [0.05, 0.1) is 12.5 Å². The third-order valence-electron chi connectivity index (χ3n) is 2.26. The van der Waals surface area contributed by atoms with E-state index in [4.69, 9.17) is 14.6 Å². The second kappa shape index (κ2) is 10.6. The minimum Gasteiger partial charge on any atom is -0.465 e. The van der Waals surface area contributed by atoms with Gasteiger partial charge in [-0.2, -0.15) is 0 Å². The Morgan fingerprint density at radius 1 is 1.16 bits per heavy atom. The van der Waals surface area contributed by atoms with Gasteiger partial charge in [0.2, 0.25) is 0 Å². The molecule has 0 fully saturated rings. The fourth-order valence-corrected chi connectivity index (χ4v) is 1.48. The van der Waals surface area contributed by atoms with Gasteiger partial charge in [0.15, 0.2) is 0 Å². The molecule has 0 atom stereocenters. The van der Waals surface area contributed by atoms with Crippen LogP contribution >= 0.6 is 0 Å². The maximum Gasteiger partial charge on any atom is 0.402 e. The van der Waals surface area contributed by atoms with Crippen LogP contribution in [0.15, 0.2) is 0 Å². The van der Waals surface area contributed by atoms with Crippen molar-refractivity contribution in [2.24, 2.45) is 17.1 Å². The second-order valence-corrected chi connectivity index (χ2v) is 5.78. The number of carbonyl (C=O) groups is 2. The summed E-state index contributed by atoms with van der Waals surface area (Å²) in [5.74, 6) is 0.107. The molecule has 0 aliphatic rings. The molecule has 19 heavy (non-hydrogen) atoms. The lowest BCUT2D eigenvalue weighted by atomic mass is 9.97. The molecule has 0 aliphatic heterocycles. The molecule has 0 aliphatic carbocycles. The van der Waals surface area contributed by atoms with Crippen molar-refractivity contribution in [3.8, 4) is 0 Å². The Morgan fingerprint density at radius 3 is 1.79 bits per heavy atom. The number of amides is 1. The van der Waals surface area contributed by atoms with Gasteiger partial charge >= 0.3 is 12.1 Å². The number of carboxylic acid groups (broad SMARTS) is 1. The maximum atomic E-state index is 11.7. The zero-order valence-corrected chi connectivity index (χ0v) is 12.9. The van der Waals surface area contributed by atoms with Gasteiger partial charge < -0.3 is 15.6 Å². The zero-order valence-electron chi connectivity index (χ0n) is 12.9. The van der Waals surface area contributed by atoms with Crippen LogP contribution in [-0.4, -0.2) is 23.8 Å². The van der Waals surface area contributed by atoms with E-state index in [-0.39, 0.29) is 17.3 Å². The summed E-state index contributed by atoms with van der Waals surface area (Å²) in [5, 5.41) is 7.19. The second-order valence-electron chi connectivity index (χ2n) is 5.78. The van der Waals surface area contributed by atoms with Crippen LogP contribution in [0.5, 0.6) is 0 Å². The number of nitrogens with two attached hydrogens (primary N) is 1. The van der Waals surface area contributed by atoms with Gasteiger partial charge in [-0.25, -0.2) is 4.79 Å². The number of hydrogen-bond acceptors (Lipinski definition) is 3. The van der Waals surface area contributed by atoms with Crippen molar-refractivity contribution in [1.82, 2.24) is 0 Å². The van der Waals surface area contributed by atoms with Gasteiger partial charge in [0.25, 0.3) is 0 Å². The van der Waals surface area contributed by atoms with Gasteiger partial charge in [-0.1, -0.05) is 47.5 Å². The molecule has 0 bridgehead atoms. The van der Waals surface area contributed by atoms with Crippen molar-refractivity contribution < 1.29 is 19.4 Å². The van der Waals surface area contributed by atoms with Crippen molar-refractivity contribution in [3.63, 3.8) is 0 Å². The summed E-state index contributed by atoms with van der Waals surface area (Å²) in [6.07, 6.45) is 2.68. The van der Waals surface area contributed by atoms with E-state index in [1.165, 1.54) is 0 Å². The summed E-state index contributed by atoms with van der Waals surface area (Å²) in [6, 6.07) is 0. The molecule has 0 aromatic carbocycles. The first-order valence-corrected chi connectivity index (χ1v) is 6.79. The first kappa shape index (κ1) is 20.1. The molecule has 1 amide bonds. The highest BCUT2D eigenvalue weighted by Gasteiger charge is 2.20. The summed E-state index contributed by atoms with van der Waals surface area (Å²) in [6.45, 7) is 11.0. The predicted octanol–water partition coefficient (Wildman–Crippen LogP) is 3.42. The highest BCUT2D eigenvalue weighted by molar-refractivity contribution is 5.72. The molecular formula is C14H29NO4. The summed E-state index contributed by atoms with van der Waals surface area (Å²) >= 11 is 0. The minimum atomic E-state index is -1.33. The van der Waals surface area contributed by atoms with Crippen LogP contribution in [-0.2, 0) is 9.53 Å². The van der Waals surface area contributed by atoms with Crippen LogP contribution in [0.25, 0.3) is 0 Å². The lowest BCUT2D eigenvalue weighted by Gasteiger charge is -2.20. The Morgan fingerprint density at radius 2 is 1.53 bits per heavy atom. The smallest absolute Gasteiger partial charge is 0.402 e. The molecule has 114 valence electrons. The standard InChI is InChI=1S/C13H26O2.CH3NO2/c1-6-8-11(9-7-2)12(14)15-10-13(3,4)5;2-1(3)4/h11H,6-10H2,1-5H3;2H2,(H,3,4). The van der Waals surface area contributed by atoms with Crippen molar-refractivity contribution in [2.45, 2.75) is 60.3 Å². The van der Waals surface area contributed by atoms with E-state index < -0.39 is 6.09 Å². The predicted molar refractivity (Wildman–Crippen MR) is 75.9 cm³/mol. The van der Waals surface area contributed by atoms with Crippen molar-refractivity contribution in [2.75, 3.05) is 6.61 Å². The Kier molecular flexibility index (Phi) is 11.2.